The van der Waals surface area contributed by atoms with Crippen LogP contribution in [-0.2, 0) is 0 Å². The minimum atomic E-state index is -0.467. The van der Waals surface area contributed by atoms with Crippen molar-refractivity contribution in [1.29, 1.82) is 0 Å². The molecule has 6 nitrogen and oxygen atoms in total. The van der Waals surface area contributed by atoms with Crippen molar-refractivity contribution in [3.05, 3.63) is 57.5 Å². The molecule has 0 bridgehead atoms. The summed E-state index contributed by atoms with van der Waals surface area (Å²) in [5, 5.41) is 14.0. The Labute approximate surface area is 126 Å². The molecule has 1 N–H and O–H groups in total. The number of nitrogens with one attached hydrogen (secondary N) is 1. The van der Waals surface area contributed by atoms with E-state index in [1.165, 1.54) is 18.3 Å². The standard InChI is InChI=1S/C15H14FN3O3/c1-9-6-15(17-8-13(9)19(20)21)18-12-4-5-22-14-3-2-10(16)7-11(12)14/h2-3,6-8,12H,4-5H2,1H3,(H,17,18). The number of anilines is 1. The first-order valence-corrected chi connectivity index (χ1v) is 6.84. The van der Waals surface area contributed by atoms with Crippen LogP contribution < -0.4 is 10.1 Å². The Bertz CT molecular complexity index is 736. The molecule has 0 saturated carbocycles. The number of rotatable bonds is 3. The molecule has 2 heterocycles. The number of benzene rings is 1. The Balaban J connectivity index is 1.87. The summed E-state index contributed by atoms with van der Waals surface area (Å²) in [6, 6.07) is 5.87. The van der Waals surface area contributed by atoms with Crippen LogP contribution in [0.15, 0.2) is 30.5 Å². The van der Waals surface area contributed by atoms with Crippen LogP contribution in [0.3, 0.4) is 0 Å². The first-order valence-electron chi connectivity index (χ1n) is 6.84. The van der Waals surface area contributed by atoms with Crippen molar-refractivity contribution < 1.29 is 14.1 Å². The number of aryl methyl sites for hydroxylation is 1. The van der Waals surface area contributed by atoms with Crippen molar-refractivity contribution in [1.82, 2.24) is 4.98 Å². The normalized spacial score (nSPS) is 16.5. The zero-order chi connectivity index (χ0) is 15.7. The molecule has 2 aromatic rings. The van der Waals surface area contributed by atoms with Gasteiger partial charge in [-0.25, -0.2) is 9.37 Å². The van der Waals surface area contributed by atoms with E-state index in [0.29, 0.717) is 30.2 Å². The Morgan fingerprint density at radius 3 is 3.00 bits per heavy atom. The number of fused-ring (bicyclic) bond motifs is 1. The molecule has 0 fully saturated rings. The van der Waals surface area contributed by atoms with E-state index in [0.717, 1.165) is 5.56 Å². The molecule has 1 atom stereocenters. The van der Waals surface area contributed by atoms with Crippen molar-refractivity contribution in [3.8, 4) is 5.75 Å². The number of hydrogen-bond acceptors (Lipinski definition) is 5. The predicted molar refractivity (Wildman–Crippen MR) is 78.5 cm³/mol. The lowest BCUT2D eigenvalue weighted by molar-refractivity contribution is -0.385. The minimum absolute atomic E-state index is 0.0241. The van der Waals surface area contributed by atoms with Gasteiger partial charge in [-0.3, -0.25) is 10.1 Å². The number of ether oxygens (including phenoxy) is 1. The first kappa shape index (κ1) is 14.2. The SMILES string of the molecule is Cc1cc(NC2CCOc3ccc(F)cc32)ncc1[N+](=O)[O-]. The molecular weight excluding hydrogens is 289 g/mol. The van der Waals surface area contributed by atoms with Gasteiger partial charge in [0.05, 0.1) is 17.6 Å². The molecule has 0 amide bonds. The van der Waals surface area contributed by atoms with Crippen molar-refractivity contribution >= 4 is 11.5 Å². The van der Waals surface area contributed by atoms with Gasteiger partial charge in [0.2, 0.25) is 0 Å². The minimum Gasteiger partial charge on any atom is -0.493 e. The lowest BCUT2D eigenvalue weighted by atomic mass is 10.0. The van der Waals surface area contributed by atoms with Gasteiger partial charge >= 0.3 is 0 Å². The molecule has 7 heteroatoms. The summed E-state index contributed by atoms with van der Waals surface area (Å²) in [6.45, 7) is 2.17. The van der Waals surface area contributed by atoms with Gasteiger partial charge in [-0.2, -0.15) is 0 Å². The first-order chi connectivity index (χ1) is 10.5. The summed E-state index contributed by atoms with van der Waals surface area (Å²) in [5.74, 6) is 0.831. The van der Waals surface area contributed by atoms with Crippen LogP contribution in [0, 0.1) is 22.9 Å². The quantitative estimate of drug-likeness (QED) is 0.695. The predicted octanol–water partition coefficient (Wildman–Crippen LogP) is 3.37. The molecule has 3 rings (SSSR count). The maximum atomic E-state index is 13.4. The van der Waals surface area contributed by atoms with Gasteiger partial charge in [0.1, 0.15) is 23.6 Å². The van der Waals surface area contributed by atoms with E-state index in [-0.39, 0.29) is 17.5 Å². The van der Waals surface area contributed by atoms with Gasteiger partial charge in [-0.15, -0.1) is 0 Å². The highest BCUT2D eigenvalue weighted by molar-refractivity contribution is 5.50. The average Bonchev–Trinajstić information content (AvgIpc) is 2.47. The molecule has 114 valence electrons. The van der Waals surface area contributed by atoms with Crippen LogP contribution in [0.25, 0.3) is 0 Å². The number of hydrogen-bond donors (Lipinski definition) is 1. The highest BCUT2D eigenvalue weighted by Gasteiger charge is 2.23. The van der Waals surface area contributed by atoms with Crippen LogP contribution >= 0.6 is 0 Å². The molecule has 0 spiro atoms. The number of pyridine rings is 1. The third kappa shape index (κ3) is 2.69. The summed E-state index contributed by atoms with van der Waals surface area (Å²) < 4.78 is 18.9. The Morgan fingerprint density at radius 1 is 1.45 bits per heavy atom. The third-order valence-electron chi connectivity index (χ3n) is 3.61. The van der Waals surface area contributed by atoms with Gasteiger partial charge in [-0.05, 0) is 31.2 Å². The van der Waals surface area contributed by atoms with E-state index < -0.39 is 4.92 Å². The van der Waals surface area contributed by atoms with Crippen molar-refractivity contribution in [2.45, 2.75) is 19.4 Å². The van der Waals surface area contributed by atoms with Crippen molar-refractivity contribution in [2.24, 2.45) is 0 Å². The zero-order valence-corrected chi connectivity index (χ0v) is 11.9. The Hall–Kier alpha value is -2.70. The smallest absolute Gasteiger partial charge is 0.290 e. The lowest BCUT2D eigenvalue weighted by Crippen LogP contribution is -2.21. The summed E-state index contributed by atoms with van der Waals surface area (Å²) >= 11 is 0. The fraction of sp³-hybridized carbons (Fsp3) is 0.267. The van der Waals surface area contributed by atoms with Crippen molar-refractivity contribution in [3.63, 3.8) is 0 Å². The fourth-order valence-corrected chi connectivity index (χ4v) is 2.51. The second kappa shape index (κ2) is 5.59. The molecule has 22 heavy (non-hydrogen) atoms. The van der Waals surface area contributed by atoms with E-state index >= 15 is 0 Å². The molecule has 0 saturated heterocycles. The fourth-order valence-electron chi connectivity index (χ4n) is 2.51. The van der Waals surface area contributed by atoms with Gasteiger partial charge in [0.25, 0.3) is 5.69 Å². The van der Waals surface area contributed by atoms with E-state index in [1.807, 2.05) is 0 Å². The molecule has 0 radical (unpaired) electrons. The zero-order valence-electron chi connectivity index (χ0n) is 11.9. The van der Waals surface area contributed by atoms with E-state index in [9.17, 15) is 14.5 Å². The largest absolute Gasteiger partial charge is 0.493 e. The average molecular weight is 303 g/mol. The molecular formula is C15H14FN3O3. The van der Waals surface area contributed by atoms with Crippen molar-refractivity contribution in [2.75, 3.05) is 11.9 Å². The van der Waals surface area contributed by atoms with Crippen LogP contribution in [0.2, 0.25) is 0 Å². The summed E-state index contributed by atoms with van der Waals surface area (Å²) in [5.41, 5.74) is 1.22. The number of nitro groups is 1. The van der Waals surface area contributed by atoms with Gasteiger partial charge in [0, 0.05) is 17.5 Å². The molecule has 1 aromatic heterocycles. The highest BCUT2D eigenvalue weighted by Crippen LogP contribution is 2.34. The van der Waals surface area contributed by atoms with Gasteiger partial charge < -0.3 is 10.1 Å². The summed E-state index contributed by atoms with van der Waals surface area (Å²) in [7, 11) is 0. The van der Waals surface area contributed by atoms with Gasteiger partial charge in [0.15, 0.2) is 0 Å². The summed E-state index contributed by atoms with van der Waals surface area (Å²) in [6.07, 6.45) is 1.89. The third-order valence-corrected chi connectivity index (χ3v) is 3.61. The number of nitrogens with zero attached hydrogens (tertiary/aromatic N) is 2. The van der Waals surface area contributed by atoms with E-state index in [1.54, 1.807) is 19.1 Å². The van der Waals surface area contributed by atoms with E-state index in [4.69, 9.17) is 4.74 Å². The van der Waals surface area contributed by atoms with Crippen LogP contribution in [0.5, 0.6) is 5.75 Å². The Morgan fingerprint density at radius 2 is 2.27 bits per heavy atom. The number of aromatic nitrogens is 1. The molecule has 0 aliphatic carbocycles. The maximum Gasteiger partial charge on any atom is 0.290 e. The second-order valence-electron chi connectivity index (χ2n) is 5.13. The second-order valence-corrected chi connectivity index (χ2v) is 5.13. The lowest BCUT2D eigenvalue weighted by Gasteiger charge is -2.27. The molecule has 1 aromatic carbocycles. The monoisotopic (exact) mass is 303 g/mol. The molecule has 1 unspecified atom stereocenters. The topological polar surface area (TPSA) is 77.3 Å². The van der Waals surface area contributed by atoms with E-state index in [2.05, 4.69) is 10.3 Å². The number of halogens is 1. The maximum absolute atomic E-state index is 13.4. The Kier molecular flexibility index (Phi) is 3.62. The van der Waals surface area contributed by atoms with Crippen LogP contribution in [0.4, 0.5) is 15.9 Å². The summed E-state index contributed by atoms with van der Waals surface area (Å²) in [4.78, 5) is 14.4. The van der Waals surface area contributed by atoms with Crippen LogP contribution in [0.1, 0.15) is 23.6 Å². The molecule has 1 aliphatic heterocycles. The van der Waals surface area contributed by atoms with Crippen LogP contribution in [-0.4, -0.2) is 16.5 Å². The molecule has 1 aliphatic rings. The van der Waals surface area contributed by atoms with Gasteiger partial charge in [-0.1, -0.05) is 0 Å². The highest BCUT2D eigenvalue weighted by atomic mass is 19.1.